The molecule has 0 bridgehead atoms. The van der Waals surface area contributed by atoms with E-state index in [4.69, 9.17) is 10.5 Å². The summed E-state index contributed by atoms with van der Waals surface area (Å²) in [5.41, 5.74) is 6.85. The van der Waals surface area contributed by atoms with Gasteiger partial charge in [-0.3, -0.25) is 0 Å². The summed E-state index contributed by atoms with van der Waals surface area (Å²) >= 11 is 0. The van der Waals surface area contributed by atoms with Gasteiger partial charge in [-0.25, -0.2) is 4.98 Å². The molecule has 3 heteroatoms. The van der Waals surface area contributed by atoms with Crippen molar-refractivity contribution >= 4 is 0 Å². The molecule has 0 aliphatic heterocycles. The number of rotatable bonds is 4. The number of ether oxygens (including phenoxy) is 1. The van der Waals surface area contributed by atoms with E-state index in [1.54, 1.807) is 0 Å². The van der Waals surface area contributed by atoms with E-state index >= 15 is 0 Å². The molecule has 0 radical (unpaired) electrons. The maximum absolute atomic E-state index is 5.73. The normalized spacial score (nSPS) is 12.1. The number of pyridine rings is 1. The summed E-state index contributed by atoms with van der Waals surface area (Å²) in [5.74, 6) is 1.39. The Labute approximate surface area is 101 Å². The third-order valence-electron chi connectivity index (χ3n) is 2.32. The molecule has 1 heterocycles. The van der Waals surface area contributed by atoms with Gasteiger partial charge in [-0.05, 0) is 31.0 Å². The fraction of sp³-hybridized carbons (Fsp3) is 0.214. The molecule has 0 saturated heterocycles. The Bertz CT molecular complexity index is 451. The molecule has 0 amide bonds. The number of nitrogens with two attached hydrogens (primary N) is 1. The largest absolute Gasteiger partial charge is 0.439 e. The first kappa shape index (κ1) is 11.6. The quantitative estimate of drug-likeness (QED) is 0.875. The van der Waals surface area contributed by atoms with Gasteiger partial charge in [0.05, 0.1) is 0 Å². The molecular formula is C14H16N2O. The molecule has 17 heavy (non-hydrogen) atoms. The Morgan fingerprint density at radius 3 is 2.53 bits per heavy atom. The third kappa shape index (κ3) is 3.57. The minimum Gasteiger partial charge on any atom is -0.439 e. The van der Waals surface area contributed by atoms with Crippen molar-refractivity contribution in [1.29, 1.82) is 0 Å². The lowest BCUT2D eigenvalue weighted by atomic mass is 10.1. The highest BCUT2D eigenvalue weighted by molar-refractivity contribution is 5.27. The van der Waals surface area contributed by atoms with Crippen LogP contribution in [0.3, 0.4) is 0 Å². The predicted octanol–water partition coefficient (Wildman–Crippen LogP) is 2.76. The molecule has 1 aromatic carbocycles. The van der Waals surface area contributed by atoms with Crippen LogP contribution in [-0.4, -0.2) is 11.0 Å². The highest BCUT2D eigenvalue weighted by atomic mass is 16.5. The average Bonchev–Trinajstić information content (AvgIpc) is 2.32. The monoisotopic (exact) mass is 228 g/mol. The number of para-hydroxylation sites is 1. The average molecular weight is 228 g/mol. The molecule has 0 saturated carbocycles. The van der Waals surface area contributed by atoms with Gasteiger partial charge in [0.2, 0.25) is 5.88 Å². The summed E-state index contributed by atoms with van der Waals surface area (Å²) in [7, 11) is 0. The smallest absolute Gasteiger partial charge is 0.219 e. The Morgan fingerprint density at radius 1 is 1.18 bits per heavy atom. The predicted molar refractivity (Wildman–Crippen MR) is 68.1 cm³/mol. The maximum atomic E-state index is 5.73. The van der Waals surface area contributed by atoms with Gasteiger partial charge in [-0.1, -0.05) is 24.3 Å². The van der Waals surface area contributed by atoms with Crippen molar-refractivity contribution in [1.82, 2.24) is 4.98 Å². The zero-order chi connectivity index (χ0) is 12.1. The van der Waals surface area contributed by atoms with Gasteiger partial charge in [0, 0.05) is 18.3 Å². The molecule has 0 aliphatic rings. The molecule has 0 spiro atoms. The van der Waals surface area contributed by atoms with E-state index in [2.05, 4.69) is 4.98 Å². The van der Waals surface area contributed by atoms with Crippen LogP contribution in [-0.2, 0) is 6.42 Å². The minimum atomic E-state index is 0.151. The van der Waals surface area contributed by atoms with E-state index in [1.165, 1.54) is 0 Å². The van der Waals surface area contributed by atoms with Crippen LogP contribution in [0.4, 0.5) is 0 Å². The summed E-state index contributed by atoms with van der Waals surface area (Å²) in [6.45, 7) is 1.98. The van der Waals surface area contributed by atoms with Crippen LogP contribution in [0.2, 0.25) is 0 Å². The van der Waals surface area contributed by atoms with Crippen LogP contribution in [0, 0.1) is 0 Å². The van der Waals surface area contributed by atoms with Crippen LogP contribution in [0.1, 0.15) is 12.5 Å². The summed E-state index contributed by atoms with van der Waals surface area (Å²) in [6.07, 6.45) is 2.64. The standard InChI is InChI=1S/C14H16N2O/c1-11(15)9-12-7-8-14(16-10-12)17-13-5-3-2-4-6-13/h2-8,10-11H,9,15H2,1H3. The first-order valence-corrected chi connectivity index (χ1v) is 5.67. The molecule has 0 fully saturated rings. The molecule has 1 aromatic heterocycles. The van der Waals surface area contributed by atoms with Crippen molar-refractivity contribution in [3.63, 3.8) is 0 Å². The Morgan fingerprint density at radius 2 is 1.94 bits per heavy atom. The molecule has 1 unspecified atom stereocenters. The van der Waals surface area contributed by atoms with Crippen molar-refractivity contribution in [3.05, 3.63) is 54.2 Å². The second kappa shape index (κ2) is 5.46. The molecule has 1 atom stereocenters. The first-order chi connectivity index (χ1) is 8.24. The lowest BCUT2D eigenvalue weighted by Gasteiger charge is -2.07. The molecule has 0 aliphatic carbocycles. The highest BCUT2D eigenvalue weighted by Gasteiger charge is 2.00. The second-order valence-corrected chi connectivity index (χ2v) is 4.10. The fourth-order valence-electron chi connectivity index (χ4n) is 1.57. The molecule has 88 valence electrons. The Balaban J connectivity index is 2.03. The van der Waals surface area contributed by atoms with Gasteiger partial charge in [-0.15, -0.1) is 0 Å². The Hall–Kier alpha value is -1.87. The number of hydrogen-bond donors (Lipinski definition) is 1. The van der Waals surface area contributed by atoms with Crippen LogP contribution in [0.5, 0.6) is 11.6 Å². The molecular weight excluding hydrogens is 212 g/mol. The molecule has 2 N–H and O–H groups in total. The van der Waals surface area contributed by atoms with Gasteiger partial charge >= 0.3 is 0 Å². The minimum absolute atomic E-state index is 0.151. The number of hydrogen-bond acceptors (Lipinski definition) is 3. The van der Waals surface area contributed by atoms with Crippen LogP contribution >= 0.6 is 0 Å². The zero-order valence-electron chi connectivity index (χ0n) is 9.84. The summed E-state index contributed by atoms with van der Waals surface area (Å²) in [4.78, 5) is 4.25. The maximum Gasteiger partial charge on any atom is 0.219 e. The van der Waals surface area contributed by atoms with Gasteiger partial charge in [-0.2, -0.15) is 0 Å². The van der Waals surface area contributed by atoms with E-state index in [0.29, 0.717) is 5.88 Å². The van der Waals surface area contributed by atoms with Gasteiger partial charge < -0.3 is 10.5 Å². The third-order valence-corrected chi connectivity index (χ3v) is 2.32. The number of nitrogens with zero attached hydrogens (tertiary/aromatic N) is 1. The molecule has 2 rings (SSSR count). The lowest BCUT2D eigenvalue weighted by Crippen LogP contribution is -2.17. The van der Waals surface area contributed by atoms with E-state index in [9.17, 15) is 0 Å². The second-order valence-electron chi connectivity index (χ2n) is 4.10. The SMILES string of the molecule is CC(N)Cc1ccc(Oc2ccccc2)nc1. The van der Waals surface area contributed by atoms with Gasteiger partial charge in [0.25, 0.3) is 0 Å². The summed E-state index contributed by atoms with van der Waals surface area (Å²) < 4.78 is 5.60. The fourth-order valence-corrected chi connectivity index (χ4v) is 1.57. The van der Waals surface area contributed by atoms with E-state index in [0.717, 1.165) is 17.7 Å². The number of benzene rings is 1. The number of aromatic nitrogens is 1. The van der Waals surface area contributed by atoms with Crippen molar-refractivity contribution in [2.75, 3.05) is 0 Å². The first-order valence-electron chi connectivity index (χ1n) is 5.67. The lowest BCUT2D eigenvalue weighted by molar-refractivity contribution is 0.462. The Kier molecular flexibility index (Phi) is 3.73. The van der Waals surface area contributed by atoms with E-state index in [1.807, 2.05) is 55.6 Å². The van der Waals surface area contributed by atoms with Crippen molar-refractivity contribution in [3.8, 4) is 11.6 Å². The van der Waals surface area contributed by atoms with Crippen molar-refractivity contribution in [2.45, 2.75) is 19.4 Å². The molecule has 2 aromatic rings. The summed E-state index contributed by atoms with van der Waals surface area (Å²) in [6, 6.07) is 13.6. The zero-order valence-corrected chi connectivity index (χ0v) is 9.84. The molecule has 3 nitrogen and oxygen atoms in total. The van der Waals surface area contributed by atoms with Crippen LogP contribution in [0.25, 0.3) is 0 Å². The van der Waals surface area contributed by atoms with Gasteiger partial charge in [0.1, 0.15) is 5.75 Å². The highest BCUT2D eigenvalue weighted by Crippen LogP contribution is 2.18. The van der Waals surface area contributed by atoms with E-state index < -0.39 is 0 Å². The van der Waals surface area contributed by atoms with Crippen LogP contribution in [0.15, 0.2) is 48.7 Å². The topological polar surface area (TPSA) is 48.1 Å². The summed E-state index contributed by atoms with van der Waals surface area (Å²) in [5, 5.41) is 0. The van der Waals surface area contributed by atoms with Crippen molar-refractivity contribution < 1.29 is 4.74 Å². The van der Waals surface area contributed by atoms with Gasteiger partial charge in [0.15, 0.2) is 0 Å². The van der Waals surface area contributed by atoms with Crippen LogP contribution < -0.4 is 10.5 Å². The van der Waals surface area contributed by atoms with Crippen molar-refractivity contribution in [2.24, 2.45) is 5.73 Å². The van der Waals surface area contributed by atoms with E-state index in [-0.39, 0.29) is 6.04 Å².